The minimum absolute atomic E-state index is 0.00540. The number of carbonyl (C=O) groups excluding carboxylic acids is 1. The molecule has 6 nitrogen and oxygen atoms in total. The molecule has 0 aliphatic carbocycles. The van der Waals surface area contributed by atoms with Crippen molar-refractivity contribution in [2.75, 3.05) is 18.1 Å². The van der Waals surface area contributed by atoms with E-state index in [1.54, 1.807) is 23.4 Å². The predicted octanol–water partition coefficient (Wildman–Crippen LogP) is 2.23. The van der Waals surface area contributed by atoms with Crippen LogP contribution in [0.15, 0.2) is 6.07 Å². The Labute approximate surface area is 141 Å². The first-order valence-electron chi connectivity index (χ1n) is 7.64. The van der Waals surface area contributed by atoms with E-state index in [9.17, 15) is 13.2 Å². The van der Waals surface area contributed by atoms with Crippen LogP contribution in [0.4, 0.5) is 0 Å². The van der Waals surface area contributed by atoms with Crippen molar-refractivity contribution < 1.29 is 13.2 Å². The van der Waals surface area contributed by atoms with E-state index < -0.39 is 9.84 Å². The maximum Gasteiger partial charge on any atom is 0.264 e. The van der Waals surface area contributed by atoms with E-state index in [1.165, 1.54) is 11.3 Å². The number of hydrogen-bond donors (Lipinski definition) is 0. The summed E-state index contributed by atoms with van der Waals surface area (Å²) in [5, 5.41) is 5.31. The Hall–Kier alpha value is -1.41. The van der Waals surface area contributed by atoms with Crippen LogP contribution >= 0.6 is 11.3 Å². The second-order valence-electron chi connectivity index (χ2n) is 5.68. The fraction of sp³-hybridized carbons (Fsp3) is 0.600. The normalized spacial score (nSPS) is 13.4. The topological polar surface area (TPSA) is 72.3 Å². The van der Waals surface area contributed by atoms with Crippen molar-refractivity contribution in [3.05, 3.63) is 16.6 Å². The van der Waals surface area contributed by atoms with Crippen molar-refractivity contribution >= 4 is 37.3 Å². The maximum absolute atomic E-state index is 12.8. The molecule has 0 bridgehead atoms. The summed E-state index contributed by atoms with van der Waals surface area (Å²) < 4.78 is 25.4. The lowest BCUT2D eigenvalue weighted by atomic mass is 10.2. The van der Waals surface area contributed by atoms with E-state index in [0.717, 1.165) is 15.9 Å². The Bertz CT molecular complexity index is 786. The van der Waals surface area contributed by atoms with Gasteiger partial charge >= 0.3 is 0 Å². The van der Waals surface area contributed by atoms with E-state index in [1.807, 2.05) is 27.0 Å². The van der Waals surface area contributed by atoms with Gasteiger partial charge in [0.05, 0.1) is 16.3 Å². The zero-order valence-corrected chi connectivity index (χ0v) is 15.8. The van der Waals surface area contributed by atoms with Crippen molar-refractivity contribution in [1.29, 1.82) is 0 Å². The summed E-state index contributed by atoms with van der Waals surface area (Å²) >= 11 is 1.40. The molecule has 0 fully saturated rings. The molecule has 0 spiro atoms. The van der Waals surface area contributed by atoms with Gasteiger partial charge in [0.25, 0.3) is 5.91 Å². The summed E-state index contributed by atoms with van der Waals surface area (Å²) in [6.07, 6.45) is 0. The molecule has 0 aliphatic rings. The van der Waals surface area contributed by atoms with Gasteiger partial charge in [0, 0.05) is 30.8 Å². The molecule has 0 saturated carbocycles. The molecule has 23 heavy (non-hydrogen) atoms. The lowest BCUT2D eigenvalue weighted by Gasteiger charge is -2.27. The number of aryl methyl sites for hydroxylation is 2. The van der Waals surface area contributed by atoms with Crippen molar-refractivity contribution in [2.24, 2.45) is 7.05 Å². The summed E-state index contributed by atoms with van der Waals surface area (Å²) in [4.78, 5) is 16.0. The van der Waals surface area contributed by atoms with Gasteiger partial charge < -0.3 is 4.90 Å². The largest absolute Gasteiger partial charge is 0.335 e. The van der Waals surface area contributed by atoms with Gasteiger partial charge in [-0.25, -0.2) is 8.42 Å². The zero-order chi connectivity index (χ0) is 17.4. The first kappa shape index (κ1) is 17.9. The van der Waals surface area contributed by atoms with Gasteiger partial charge in [-0.3, -0.25) is 9.48 Å². The van der Waals surface area contributed by atoms with Crippen LogP contribution in [-0.4, -0.2) is 53.1 Å². The standard InChI is InChI=1S/C15H23N3O3S2/c1-6-18(10(3)9-23(20,21)7-2)14(19)13-8-12-11(4)16-17(5)15(12)22-13/h8,10H,6-7,9H2,1-5H3. The second-order valence-corrected chi connectivity index (χ2v) is 9.11. The number of nitrogens with zero attached hydrogens (tertiary/aromatic N) is 3. The molecule has 0 N–H and O–H groups in total. The minimum atomic E-state index is -3.12. The van der Waals surface area contributed by atoms with Gasteiger partial charge in [-0.15, -0.1) is 11.3 Å². The lowest BCUT2D eigenvalue weighted by molar-refractivity contribution is 0.0724. The Morgan fingerprint density at radius 3 is 2.61 bits per heavy atom. The SMILES string of the molecule is CCN(C(=O)c1cc2c(C)nn(C)c2s1)C(C)CS(=O)(=O)CC. The van der Waals surface area contributed by atoms with Gasteiger partial charge in [0.2, 0.25) is 0 Å². The lowest BCUT2D eigenvalue weighted by Crippen LogP contribution is -2.42. The number of sulfone groups is 1. The first-order chi connectivity index (χ1) is 10.7. The van der Waals surface area contributed by atoms with Crippen molar-refractivity contribution in [1.82, 2.24) is 14.7 Å². The van der Waals surface area contributed by atoms with Crippen LogP contribution in [0.3, 0.4) is 0 Å². The molecule has 2 aromatic heterocycles. The molecule has 0 aliphatic heterocycles. The number of thiophene rings is 1. The molecule has 2 rings (SSSR count). The van der Waals surface area contributed by atoms with Crippen LogP contribution in [0.1, 0.15) is 36.1 Å². The van der Waals surface area contributed by atoms with Crippen LogP contribution in [0, 0.1) is 6.92 Å². The third-order valence-corrected chi connectivity index (χ3v) is 7.04. The summed E-state index contributed by atoms with van der Waals surface area (Å²) in [5.74, 6) is -0.0299. The van der Waals surface area contributed by atoms with Crippen LogP contribution in [0.2, 0.25) is 0 Å². The Morgan fingerprint density at radius 2 is 2.09 bits per heavy atom. The highest BCUT2D eigenvalue weighted by Crippen LogP contribution is 2.29. The average molecular weight is 358 g/mol. The zero-order valence-electron chi connectivity index (χ0n) is 14.2. The molecule has 2 aromatic rings. The van der Waals surface area contributed by atoms with E-state index in [4.69, 9.17) is 0 Å². The van der Waals surface area contributed by atoms with Crippen LogP contribution in [-0.2, 0) is 16.9 Å². The number of hydrogen-bond acceptors (Lipinski definition) is 5. The molecule has 1 atom stereocenters. The predicted molar refractivity (Wildman–Crippen MR) is 93.8 cm³/mol. The molecule has 1 unspecified atom stereocenters. The van der Waals surface area contributed by atoms with Gasteiger partial charge in [0.1, 0.15) is 4.83 Å². The average Bonchev–Trinajstić information content (AvgIpc) is 3.01. The fourth-order valence-electron chi connectivity index (χ4n) is 2.68. The highest BCUT2D eigenvalue weighted by Gasteiger charge is 2.26. The highest BCUT2D eigenvalue weighted by atomic mass is 32.2. The van der Waals surface area contributed by atoms with Crippen LogP contribution in [0.5, 0.6) is 0 Å². The quantitative estimate of drug-likeness (QED) is 0.795. The second kappa shape index (κ2) is 6.60. The van der Waals surface area contributed by atoms with Crippen molar-refractivity contribution in [3.63, 3.8) is 0 Å². The Balaban J connectivity index is 2.29. The molecule has 0 saturated heterocycles. The van der Waals surface area contributed by atoms with Crippen LogP contribution < -0.4 is 0 Å². The van der Waals surface area contributed by atoms with E-state index >= 15 is 0 Å². The number of fused-ring (bicyclic) bond motifs is 1. The monoisotopic (exact) mass is 357 g/mol. The molecular formula is C15H23N3O3S2. The maximum atomic E-state index is 12.8. The molecule has 8 heteroatoms. The van der Waals surface area contributed by atoms with E-state index in [0.29, 0.717) is 11.4 Å². The number of carbonyl (C=O) groups is 1. The summed E-state index contributed by atoms with van der Waals surface area (Å²) in [6, 6.07) is 1.51. The highest BCUT2D eigenvalue weighted by molar-refractivity contribution is 7.91. The van der Waals surface area contributed by atoms with Gasteiger partial charge in [-0.2, -0.15) is 5.10 Å². The first-order valence-corrected chi connectivity index (χ1v) is 10.3. The smallest absolute Gasteiger partial charge is 0.264 e. The third kappa shape index (κ3) is 3.58. The third-order valence-electron chi connectivity index (χ3n) is 3.98. The van der Waals surface area contributed by atoms with Gasteiger partial charge in [-0.1, -0.05) is 6.92 Å². The molecular weight excluding hydrogens is 334 g/mol. The van der Waals surface area contributed by atoms with Crippen LogP contribution in [0.25, 0.3) is 10.2 Å². The molecule has 1 amide bonds. The number of aromatic nitrogens is 2. The van der Waals surface area contributed by atoms with Gasteiger partial charge in [0.15, 0.2) is 9.84 Å². The summed E-state index contributed by atoms with van der Waals surface area (Å²) in [7, 11) is -1.27. The van der Waals surface area contributed by atoms with E-state index in [2.05, 4.69) is 5.10 Å². The minimum Gasteiger partial charge on any atom is -0.335 e. The summed E-state index contributed by atoms with van der Waals surface area (Å²) in [5.41, 5.74) is 0.891. The Kier molecular flexibility index (Phi) is 5.15. The molecule has 2 heterocycles. The molecule has 128 valence electrons. The number of amides is 1. The molecule has 0 radical (unpaired) electrons. The van der Waals surface area contributed by atoms with Gasteiger partial charge in [-0.05, 0) is 26.8 Å². The molecule has 0 aromatic carbocycles. The number of rotatable bonds is 6. The fourth-order valence-corrected chi connectivity index (χ4v) is 4.91. The van der Waals surface area contributed by atoms with Crippen molar-refractivity contribution in [3.8, 4) is 0 Å². The summed E-state index contributed by atoms with van der Waals surface area (Å²) in [6.45, 7) is 7.67. The van der Waals surface area contributed by atoms with Crippen molar-refractivity contribution in [2.45, 2.75) is 33.7 Å². The Morgan fingerprint density at radius 1 is 1.43 bits per heavy atom. The van der Waals surface area contributed by atoms with E-state index in [-0.39, 0.29) is 23.5 Å².